The molecule has 0 spiro atoms. The lowest BCUT2D eigenvalue weighted by molar-refractivity contribution is 0.0532. The largest absolute Gasteiger partial charge is 0.462 e. The molecule has 0 amide bonds. The van der Waals surface area contributed by atoms with Crippen LogP contribution < -0.4 is 5.73 Å². The van der Waals surface area contributed by atoms with E-state index in [-0.39, 0.29) is 11.8 Å². The van der Waals surface area contributed by atoms with E-state index >= 15 is 0 Å². The van der Waals surface area contributed by atoms with Gasteiger partial charge in [-0.15, -0.1) is 11.3 Å². The zero-order valence-corrected chi connectivity index (χ0v) is 13.6. The molecule has 0 fully saturated rings. The van der Waals surface area contributed by atoms with E-state index in [0.717, 1.165) is 10.9 Å². The maximum Gasteiger partial charge on any atom is 0.348 e. The van der Waals surface area contributed by atoms with Gasteiger partial charge in [0.05, 0.1) is 12.3 Å². The third-order valence-electron chi connectivity index (χ3n) is 3.22. The Morgan fingerprint density at radius 2 is 2.04 bits per heavy atom. The van der Waals surface area contributed by atoms with Crippen molar-refractivity contribution in [2.75, 3.05) is 12.3 Å². The van der Waals surface area contributed by atoms with Crippen molar-refractivity contribution < 1.29 is 13.9 Å². The number of nitrogens with zero attached hydrogens (tertiary/aromatic N) is 2. The standard InChI is InChI=1S/C17H14FN3O2S/c1-2-23-16(22)14-9-12-13(20-17(19)21-15(12)24-14)8-5-10-3-6-11(18)7-4-10/h3-9H,2H2,1H3,(H2,19,20,21)/b8-5+. The lowest BCUT2D eigenvalue weighted by Gasteiger charge is -1.98. The first-order chi connectivity index (χ1) is 11.6. The Balaban J connectivity index is 2.00. The number of hydrogen-bond acceptors (Lipinski definition) is 6. The Hall–Kier alpha value is -2.80. The van der Waals surface area contributed by atoms with Crippen molar-refractivity contribution >= 4 is 45.6 Å². The van der Waals surface area contributed by atoms with E-state index < -0.39 is 5.97 Å². The van der Waals surface area contributed by atoms with Gasteiger partial charge in [-0.3, -0.25) is 0 Å². The summed E-state index contributed by atoms with van der Waals surface area (Å²) in [5.74, 6) is -0.566. The van der Waals surface area contributed by atoms with E-state index in [0.29, 0.717) is 22.0 Å². The molecule has 7 heteroatoms. The minimum absolute atomic E-state index is 0.124. The maximum absolute atomic E-state index is 12.9. The van der Waals surface area contributed by atoms with Crippen molar-refractivity contribution in [1.29, 1.82) is 0 Å². The molecule has 0 aliphatic heterocycles. The van der Waals surface area contributed by atoms with Crippen LogP contribution in [0.15, 0.2) is 30.3 Å². The predicted octanol–water partition coefficient (Wildman–Crippen LogP) is 3.76. The summed E-state index contributed by atoms with van der Waals surface area (Å²) in [4.78, 5) is 21.3. The van der Waals surface area contributed by atoms with Crippen LogP contribution in [-0.4, -0.2) is 22.5 Å². The minimum atomic E-state index is -0.396. The van der Waals surface area contributed by atoms with Crippen molar-refractivity contribution in [2.24, 2.45) is 0 Å². The van der Waals surface area contributed by atoms with Crippen molar-refractivity contribution in [3.63, 3.8) is 0 Å². The summed E-state index contributed by atoms with van der Waals surface area (Å²) in [6.45, 7) is 2.05. The van der Waals surface area contributed by atoms with Gasteiger partial charge in [0, 0.05) is 5.39 Å². The fourth-order valence-electron chi connectivity index (χ4n) is 2.14. The summed E-state index contributed by atoms with van der Waals surface area (Å²) in [5.41, 5.74) is 7.16. The second-order valence-corrected chi connectivity index (χ2v) is 5.93. The first-order valence-electron chi connectivity index (χ1n) is 7.24. The minimum Gasteiger partial charge on any atom is -0.462 e. The topological polar surface area (TPSA) is 78.1 Å². The van der Waals surface area contributed by atoms with Crippen LogP contribution in [0, 0.1) is 5.82 Å². The lowest BCUT2D eigenvalue weighted by Crippen LogP contribution is -2.01. The number of fused-ring (bicyclic) bond motifs is 1. The molecule has 2 heterocycles. The molecule has 3 aromatic rings. The Morgan fingerprint density at radius 3 is 2.75 bits per heavy atom. The van der Waals surface area contributed by atoms with Gasteiger partial charge in [-0.05, 0) is 36.8 Å². The van der Waals surface area contributed by atoms with Crippen molar-refractivity contribution in [3.8, 4) is 0 Å². The second kappa shape index (κ2) is 6.76. The number of rotatable bonds is 4. The van der Waals surface area contributed by atoms with Gasteiger partial charge in [0.15, 0.2) is 0 Å². The SMILES string of the molecule is CCOC(=O)c1cc2c(/C=C/c3ccc(F)cc3)nc(N)nc2s1. The van der Waals surface area contributed by atoms with Gasteiger partial charge in [-0.1, -0.05) is 18.2 Å². The normalized spacial score (nSPS) is 11.2. The smallest absolute Gasteiger partial charge is 0.348 e. The average Bonchev–Trinajstić information content (AvgIpc) is 2.98. The van der Waals surface area contributed by atoms with Crippen molar-refractivity contribution in [3.05, 3.63) is 52.3 Å². The molecule has 122 valence electrons. The molecule has 2 aromatic heterocycles. The molecule has 2 N–H and O–H groups in total. The molecule has 0 saturated heterocycles. The third kappa shape index (κ3) is 3.41. The number of halogens is 1. The molecule has 0 aliphatic carbocycles. The Bertz CT molecular complexity index is 919. The number of aromatic nitrogens is 2. The van der Waals surface area contributed by atoms with Crippen LogP contribution in [-0.2, 0) is 4.74 Å². The van der Waals surface area contributed by atoms with Gasteiger partial charge in [-0.25, -0.2) is 19.2 Å². The number of hydrogen-bond donors (Lipinski definition) is 1. The van der Waals surface area contributed by atoms with E-state index in [9.17, 15) is 9.18 Å². The molecule has 0 bridgehead atoms. The van der Waals surface area contributed by atoms with Crippen LogP contribution >= 0.6 is 11.3 Å². The van der Waals surface area contributed by atoms with E-state index in [1.165, 1.54) is 23.5 Å². The maximum atomic E-state index is 12.9. The van der Waals surface area contributed by atoms with E-state index in [1.54, 1.807) is 37.3 Å². The van der Waals surface area contributed by atoms with E-state index in [2.05, 4.69) is 9.97 Å². The number of esters is 1. The molecule has 3 rings (SSSR count). The number of nitrogens with two attached hydrogens (primary N) is 1. The quantitative estimate of drug-likeness (QED) is 0.730. The van der Waals surface area contributed by atoms with Gasteiger partial charge < -0.3 is 10.5 Å². The van der Waals surface area contributed by atoms with Gasteiger partial charge in [0.25, 0.3) is 0 Å². The molecule has 5 nitrogen and oxygen atoms in total. The molecule has 0 unspecified atom stereocenters. The Kier molecular flexibility index (Phi) is 4.52. The van der Waals surface area contributed by atoms with Crippen LogP contribution in [0.3, 0.4) is 0 Å². The van der Waals surface area contributed by atoms with E-state index in [4.69, 9.17) is 10.5 Å². The number of carbonyl (C=O) groups is 1. The molecule has 0 atom stereocenters. The summed E-state index contributed by atoms with van der Waals surface area (Å²) in [6.07, 6.45) is 3.55. The van der Waals surface area contributed by atoms with Gasteiger partial charge in [0.2, 0.25) is 5.95 Å². The summed E-state index contributed by atoms with van der Waals surface area (Å²) >= 11 is 1.21. The Labute approximate surface area is 141 Å². The van der Waals surface area contributed by atoms with Crippen LogP contribution in [0.2, 0.25) is 0 Å². The summed E-state index contributed by atoms with van der Waals surface area (Å²) in [7, 11) is 0. The molecule has 0 radical (unpaired) electrons. The van der Waals surface area contributed by atoms with Crippen molar-refractivity contribution in [2.45, 2.75) is 6.92 Å². The summed E-state index contributed by atoms with van der Waals surface area (Å²) in [5, 5.41) is 0.718. The number of thiophene rings is 1. The zero-order valence-electron chi connectivity index (χ0n) is 12.8. The molecule has 0 aliphatic rings. The summed E-state index contributed by atoms with van der Waals surface area (Å²) < 4.78 is 18.0. The van der Waals surface area contributed by atoms with Gasteiger partial charge in [-0.2, -0.15) is 0 Å². The first kappa shape index (κ1) is 16.1. The zero-order chi connectivity index (χ0) is 17.1. The number of carbonyl (C=O) groups excluding carboxylic acids is 1. The molecule has 0 saturated carbocycles. The fraction of sp³-hybridized carbons (Fsp3) is 0.118. The summed E-state index contributed by atoms with van der Waals surface area (Å²) in [6, 6.07) is 7.78. The fourth-order valence-corrected chi connectivity index (χ4v) is 3.08. The van der Waals surface area contributed by atoms with Gasteiger partial charge in [0.1, 0.15) is 15.5 Å². The highest BCUT2D eigenvalue weighted by molar-refractivity contribution is 7.20. The highest BCUT2D eigenvalue weighted by Gasteiger charge is 2.15. The predicted molar refractivity (Wildman–Crippen MR) is 93.1 cm³/mol. The molecule has 1 aromatic carbocycles. The van der Waals surface area contributed by atoms with Crippen molar-refractivity contribution in [1.82, 2.24) is 9.97 Å². The van der Waals surface area contributed by atoms with Crippen LogP contribution in [0.25, 0.3) is 22.4 Å². The van der Waals surface area contributed by atoms with Crippen LogP contribution in [0.1, 0.15) is 27.9 Å². The number of ether oxygens (including phenoxy) is 1. The second-order valence-electron chi connectivity index (χ2n) is 4.90. The van der Waals surface area contributed by atoms with Gasteiger partial charge >= 0.3 is 5.97 Å². The molecular weight excluding hydrogens is 329 g/mol. The monoisotopic (exact) mass is 343 g/mol. The highest BCUT2D eigenvalue weighted by atomic mass is 32.1. The first-order valence-corrected chi connectivity index (χ1v) is 8.06. The van der Waals surface area contributed by atoms with Crippen LogP contribution in [0.5, 0.6) is 0 Å². The number of nitrogen functional groups attached to an aromatic ring is 1. The molecular formula is C17H14FN3O2S. The lowest BCUT2D eigenvalue weighted by atomic mass is 10.1. The third-order valence-corrected chi connectivity index (χ3v) is 4.23. The number of benzene rings is 1. The Morgan fingerprint density at radius 1 is 1.29 bits per heavy atom. The number of anilines is 1. The van der Waals surface area contributed by atoms with E-state index in [1.807, 2.05) is 0 Å². The molecule has 24 heavy (non-hydrogen) atoms. The van der Waals surface area contributed by atoms with Crippen LogP contribution in [0.4, 0.5) is 10.3 Å². The highest BCUT2D eigenvalue weighted by Crippen LogP contribution is 2.28. The average molecular weight is 343 g/mol.